The van der Waals surface area contributed by atoms with E-state index in [0.29, 0.717) is 11.3 Å². The molecule has 0 aliphatic carbocycles. The van der Waals surface area contributed by atoms with Gasteiger partial charge >= 0.3 is 5.97 Å². The van der Waals surface area contributed by atoms with Crippen LogP contribution < -0.4 is 4.90 Å². The van der Waals surface area contributed by atoms with Crippen LogP contribution in [0.3, 0.4) is 0 Å². The van der Waals surface area contributed by atoms with Crippen molar-refractivity contribution >= 4 is 23.5 Å². The molecule has 1 heterocycles. The zero-order valence-corrected chi connectivity index (χ0v) is 14.6. The van der Waals surface area contributed by atoms with Crippen molar-refractivity contribution in [3.8, 4) is 0 Å². The molecule has 0 saturated carbocycles. The van der Waals surface area contributed by atoms with Crippen LogP contribution in [0.25, 0.3) is 0 Å². The van der Waals surface area contributed by atoms with Crippen LogP contribution in [0.4, 0.5) is 5.69 Å². The van der Waals surface area contributed by atoms with Crippen LogP contribution in [0.2, 0.25) is 0 Å². The van der Waals surface area contributed by atoms with E-state index in [-0.39, 0.29) is 23.1 Å². The fourth-order valence-electron chi connectivity index (χ4n) is 2.83. The number of anilines is 1. The van der Waals surface area contributed by atoms with Gasteiger partial charge in [-0.1, -0.05) is 12.1 Å². The molecule has 0 N–H and O–H groups in total. The van der Waals surface area contributed by atoms with E-state index in [0.717, 1.165) is 11.1 Å². The van der Waals surface area contributed by atoms with E-state index >= 15 is 0 Å². The number of esters is 1. The van der Waals surface area contributed by atoms with Crippen LogP contribution >= 0.6 is 0 Å². The summed E-state index contributed by atoms with van der Waals surface area (Å²) < 4.78 is 5.16. The highest BCUT2D eigenvalue weighted by atomic mass is 16.5. The molecule has 1 aliphatic rings. The molecule has 0 unspecified atom stereocenters. The third kappa shape index (κ3) is 2.93. The molecular weight excluding hydrogens is 318 g/mol. The van der Waals surface area contributed by atoms with E-state index < -0.39 is 11.9 Å². The fourth-order valence-corrected chi connectivity index (χ4v) is 2.83. The standard InChI is InChI=1S/C20H19NO4/c1-11(2)25-20(24)14-7-8-15-16(10-14)19(23)21(18(15)22)17-9-12(3)5-6-13(17)4/h5-11H,1-4H3. The molecule has 2 amide bonds. The number of benzene rings is 2. The summed E-state index contributed by atoms with van der Waals surface area (Å²) in [5, 5.41) is 0. The quantitative estimate of drug-likeness (QED) is 0.633. The van der Waals surface area contributed by atoms with Crippen molar-refractivity contribution in [3.05, 3.63) is 64.2 Å². The van der Waals surface area contributed by atoms with E-state index in [1.165, 1.54) is 23.1 Å². The number of rotatable bonds is 3. The first kappa shape index (κ1) is 16.9. The van der Waals surface area contributed by atoms with Gasteiger partial charge in [0.05, 0.1) is 28.5 Å². The SMILES string of the molecule is Cc1ccc(C)c(N2C(=O)c3ccc(C(=O)OC(C)C)cc3C2=O)c1. The Balaban J connectivity index is 2.02. The Labute approximate surface area is 146 Å². The molecule has 5 heteroatoms. The minimum atomic E-state index is -0.511. The molecule has 0 aromatic heterocycles. The van der Waals surface area contributed by atoms with Gasteiger partial charge in [-0.05, 0) is 63.1 Å². The lowest BCUT2D eigenvalue weighted by molar-refractivity contribution is 0.0377. The van der Waals surface area contributed by atoms with Gasteiger partial charge in [0.25, 0.3) is 11.8 Å². The van der Waals surface area contributed by atoms with Crippen LogP contribution in [-0.2, 0) is 4.74 Å². The Kier molecular flexibility index (Phi) is 4.17. The first-order chi connectivity index (χ1) is 11.8. The largest absolute Gasteiger partial charge is 0.459 e. The molecule has 2 aromatic carbocycles. The molecule has 25 heavy (non-hydrogen) atoms. The maximum Gasteiger partial charge on any atom is 0.338 e. The summed E-state index contributed by atoms with van der Waals surface area (Å²) >= 11 is 0. The summed E-state index contributed by atoms with van der Waals surface area (Å²) in [5.74, 6) is -1.31. The zero-order valence-electron chi connectivity index (χ0n) is 14.6. The summed E-state index contributed by atoms with van der Waals surface area (Å²) in [4.78, 5) is 38.8. The Morgan fingerprint density at radius 3 is 2.32 bits per heavy atom. The lowest BCUT2D eigenvalue weighted by Crippen LogP contribution is -2.30. The van der Waals surface area contributed by atoms with Gasteiger partial charge in [-0.2, -0.15) is 0 Å². The maximum absolute atomic E-state index is 12.8. The molecule has 5 nitrogen and oxygen atoms in total. The third-order valence-electron chi connectivity index (χ3n) is 4.07. The second-order valence-electron chi connectivity index (χ2n) is 6.45. The molecule has 2 aromatic rings. The van der Waals surface area contributed by atoms with E-state index in [9.17, 15) is 14.4 Å². The summed E-state index contributed by atoms with van der Waals surface area (Å²) in [6.07, 6.45) is -0.260. The van der Waals surface area contributed by atoms with Crippen LogP contribution in [0, 0.1) is 13.8 Å². The molecule has 0 atom stereocenters. The number of fused-ring (bicyclic) bond motifs is 1. The van der Waals surface area contributed by atoms with Crippen molar-refractivity contribution in [2.45, 2.75) is 33.8 Å². The molecule has 0 radical (unpaired) electrons. The number of nitrogens with zero attached hydrogens (tertiary/aromatic N) is 1. The topological polar surface area (TPSA) is 63.7 Å². The summed E-state index contributed by atoms with van der Waals surface area (Å²) in [5.41, 5.74) is 3.14. The molecule has 0 fully saturated rings. The highest BCUT2D eigenvalue weighted by Gasteiger charge is 2.38. The van der Waals surface area contributed by atoms with E-state index in [1.807, 2.05) is 32.0 Å². The number of hydrogen-bond acceptors (Lipinski definition) is 4. The fraction of sp³-hybridized carbons (Fsp3) is 0.250. The number of ether oxygens (including phenoxy) is 1. The molecule has 0 bridgehead atoms. The second kappa shape index (κ2) is 6.16. The van der Waals surface area contributed by atoms with Gasteiger partial charge in [-0.25, -0.2) is 9.69 Å². The molecule has 0 saturated heterocycles. The van der Waals surface area contributed by atoms with Crippen molar-refractivity contribution in [2.24, 2.45) is 0 Å². The van der Waals surface area contributed by atoms with Crippen LogP contribution in [0.5, 0.6) is 0 Å². The molecule has 0 spiro atoms. The van der Waals surface area contributed by atoms with Gasteiger partial charge in [0.15, 0.2) is 0 Å². The highest BCUT2D eigenvalue weighted by Crippen LogP contribution is 2.31. The Bertz CT molecular complexity index is 899. The summed E-state index contributed by atoms with van der Waals surface area (Å²) in [6.45, 7) is 7.26. The third-order valence-corrected chi connectivity index (χ3v) is 4.07. The molecule has 128 valence electrons. The average Bonchev–Trinajstić information content (AvgIpc) is 2.80. The normalized spacial score (nSPS) is 13.4. The minimum absolute atomic E-state index is 0.226. The van der Waals surface area contributed by atoms with Crippen molar-refractivity contribution in [2.75, 3.05) is 4.90 Å². The second-order valence-corrected chi connectivity index (χ2v) is 6.45. The summed E-state index contributed by atoms with van der Waals surface area (Å²) in [7, 11) is 0. The zero-order chi connectivity index (χ0) is 18.3. The number of imide groups is 1. The van der Waals surface area contributed by atoms with E-state index in [2.05, 4.69) is 0 Å². The Morgan fingerprint density at radius 2 is 1.64 bits per heavy atom. The molecular formula is C20H19NO4. The first-order valence-corrected chi connectivity index (χ1v) is 8.10. The average molecular weight is 337 g/mol. The van der Waals surface area contributed by atoms with E-state index in [4.69, 9.17) is 4.74 Å². The van der Waals surface area contributed by atoms with Gasteiger partial charge in [0.1, 0.15) is 0 Å². The van der Waals surface area contributed by atoms with Crippen molar-refractivity contribution in [1.29, 1.82) is 0 Å². The number of carbonyl (C=O) groups is 3. The van der Waals surface area contributed by atoms with Crippen molar-refractivity contribution < 1.29 is 19.1 Å². The van der Waals surface area contributed by atoms with Crippen molar-refractivity contribution in [3.63, 3.8) is 0 Å². The van der Waals surface area contributed by atoms with Crippen LogP contribution in [0.15, 0.2) is 36.4 Å². The van der Waals surface area contributed by atoms with Gasteiger partial charge in [-0.3, -0.25) is 9.59 Å². The minimum Gasteiger partial charge on any atom is -0.459 e. The number of hydrogen-bond donors (Lipinski definition) is 0. The van der Waals surface area contributed by atoms with Crippen LogP contribution in [-0.4, -0.2) is 23.9 Å². The molecule has 3 rings (SSSR count). The monoisotopic (exact) mass is 337 g/mol. The lowest BCUT2D eigenvalue weighted by atomic mass is 10.1. The first-order valence-electron chi connectivity index (χ1n) is 8.10. The number of amides is 2. The maximum atomic E-state index is 12.8. The molecule has 1 aliphatic heterocycles. The smallest absolute Gasteiger partial charge is 0.338 e. The Morgan fingerprint density at radius 1 is 0.960 bits per heavy atom. The van der Waals surface area contributed by atoms with E-state index in [1.54, 1.807) is 13.8 Å². The van der Waals surface area contributed by atoms with Gasteiger partial charge in [-0.15, -0.1) is 0 Å². The van der Waals surface area contributed by atoms with Gasteiger partial charge in [0.2, 0.25) is 0 Å². The van der Waals surface area contributed by atoms with Gasteiger partial charge < -0.3 is 4.74 Å². The lowest BCUT2D eigenvalue weighted by Gasteiger charge is -2.17. The van der Waals surface area contributed by atoms with Gasteiger partial charge in [0, 0.05) is 0 Å². The van der Waals surface area contributed by atoms with Crippen LogP contribution in [0.1, 0.15) is 56.0 Å². The summed E-state index contributed by atoms with van der Waals surface area (Å²) in [6, 6.07) is 10.1. The van der Waals surface area contributed by atoms with Crippen molar-refractivity contribution in [1.82, 2.24) is 0 Å². The number of carbonyl (C=O) groups excluding carboxylic acids is 3. The predicted molar refractivity (Wildman–Crippen MR) is 94.0 cm³/mol. The Hall–Kier alpha value is -2.95. The predicted octanol–water partition coefficient (Wildman–Crippen LogP) is 3.67. The highest BCUT2D eigenvalue weighted by molar-refractivity contribution is 6.35. The number of aryl methyl sites for hydroxylation is 2.